The highest BCUT2D eigenvalue weighted by Gasteiger charge is 1.85. The van der Waals surface area contributed by atoms with E-state index < -0.39 is 0 Å². The lowest BCUT2D eigenvalue weighted by molar-refractivity contribution is 1.42. The lowest BCUT2D eigenvalue weighted by Gasteiger charge is -1.91. The van der Waals surface area contributed by atoms with Gasteiger partial charge in [-0.3, -0.25) is 0 Å². The van der Waals surface area contributed by atoms with Crippen LogP contribution in [0.25, 0.3) is 0 Å². The average molecular weight is 123 g/mol. The van der Waals surface area contributed by atoms with Gasteiger partial charge in [-0.15, -0.1) is 0 Å². The summed E-state index contributed by atoms with van der Waals surface area (Å²) in [6, 6.07) is 0. The van der Waals surface area contributed by atoms with Crippen LogP contribution in [-0.2, 0) is 0 Å². The second-order valence-electron chi connectivity index (χ2n) is 2.00. The SMILES string of the molecule is C/C=C\C=C(\C)C(C)=N. The van der Waals surface area contributed by atoms with Crippen molar-refractivity contribution in [3.63, 3.8) is 0 Å². The molecule has 0 saturated carbocycles. The average Bonchev–Trinajstić information content (AvgIpc) is 1.82. The molecule has 0 spiro atoms. The first-order valence-electron chi connectivity index (χ1n) is 3.03. The molecule has 0 fully saturated rings. The summed E-state index contributed by atoms with van der Waals surface area (Å²) in [6.07, 6.45) is 5.82. The molecule has 50 valence electrons. The molecule has 0 aromatic heterocycles. The van der Waals surface area contributed by atoms with Gasteiger partial charge < -0.3 is 5.41 Å². The molecule has 0 aliphatic carbocycles. The fourth-order valence-corrected chi connectivity index (χ4v) is 0.366. The van der Waals surface area contributed by atoms with E-state index in [9.17, 15) is 0 Å². The minimum atomic E-state index is 0.633. The third-order valence-electron chi connectivity index (χ3n) is 1.13. The predicted octanol–water partition coefficient (Wildman–Crippen LogP) is 2.55. The summed E-state index contributed by atoms with van der Waals surface area (Å²) in [5.74, 6) is 0. The molecule has 1 heteroatoms. The van der Waals surface area contributed by atoms with E-state index in [2.05, 4.69) is 0 Å². The predicted molar refractivity (Wildman–Crippen MR) is 42.0 cm³/mol. The molecule has 0 aromatic rings. The van der Waals surface area contributed by atoms with Crippen LogP contribution in [0.2, 0.25) is 0 Å². The van der Waals surface area contributed by atoms with Gasteiger partial charge in [0.2, 0.25) is 0 Å². The molecule has 0 atom stereocenters. The molecule has 0 saturated heterocycles. The Bertz CT molecular complexity index is 152. The van der Waals surface area contributed by atoms with Gasteiger partial charge in [0.15, 0.2) is 0 Å². The van der Waals surface area contributed by atoms with Gasteiger partial charge >= 0.3 is 0 Å². The van der Waals surface area contributed by atoms with Crippen LogP contribution in [0.1, 0.15) is 20.8 Å². The normalized spacial score (nSPS) is 12.6. The van der Waals surface area contributed by atoms with E-state index >= 15 is 0 Å². The number of hydrogen-bond donors (Lipinski definition) is 1. The molecule has 1 nitrogen and oxygen atoms in total. The minimum Gasteiger partial charge on any atom is -0.305 e. The molecule has 0 radical (unpaired) electrons. The molecule has 1 N–H and O–H groups in total. The summed E-state index contributed by atoms with van der Waals surface area (Å²) < 4.78 is 0. The second kappa shape index (κ2) is 4.07. The molecule has 0 amide bonds. The molecule has 0 aromatic carbocycles. The highest BCUT2D eigenvalue weighted by Crippen LogP contribution is 1.93. The van der Waals surface area contributed by atoms with E-state index in [0.29, 0.717) is 5.71 Å². The molecule has 0 rings (SSSR count). The van der Waals surface area contributed by atoms with Crippen molar-refractivity contribution in [1.29, 1.82) is 5.41 Å². The monoisotopic (exact) mass is 123 g/mol. The van der Waals surface area contributed by atoms with Crippen molar-refractivity contribution >= 4 is 5.71 Å². The maximum Gasteiger partial charge on any atom is 0.0312 e. The van der Waals surface area contributed by atoms with Crippen molar-refractivity contribution in [3.8, 4) is 0 Å². The molecule has 0 bridgehead atoms. The summed E-state index contributed by atoms with van der Waals surface area (Å²) >= 11 is 0. The number of nitrogens with one attached hydrogen (secondary N) is 1. The second-order valence-corrected chi connectivity index (χ2v) is 2.00. The lowest BCUT2D eigenvalue weighted by Crippen LogP contribution is -1.87. The van der Waals surface area contributed by atoms with Gasteiger partial charge in [0.05, 0.1) is 0 Å². The lowest BCUT2D eigenvalue weighted by atomic mass is 10.2. The molecule has 9 heavy (non-hydrogen) atoms. The Morgan fingerprint density at radius 3 is 2.22 bits per heavy atom. The first-order valence-corrected chi connectivity index (χ1v) is 3.03. The third kappa shape index (κ3) is 3.71. The van der Waals surface area contributed by atoms with E-state index in [4.69, 9.17) is 5.41 Å². The maximum absolute atomic E-state index is 7.18. The summed E-state index contributed by atoms with van der Waals surface area (Å²) in [4.78, 5) is 0. The Morgan fingerprint density at radius 2 is 1.89 bits per heavy atom. The Kier molecular flexibility index (Phi) is 3.69. The summed E-state index contributed by atoms with van der Waals surface area (Å²) in [6.45, 7) is 5.68. The topological polar surface area (TPSA) is 23.9 Å². The molecule has 0 heterocycles. The smallest absolute Gasteiger partial charge is 0.0312 e. The van der Waals surface area contributed by atoms with Crippen LogP contribution >= 0.6 is 0 Å². The van der Waals surface area contributed by atoms with Crippen LogP contribution in [0.5, 0.6) is 0 Å². The number of allylic oxidation sites excluding steroid dienone is 4. The van der Waals surface area contributed by atoms with Crippen LogP contribution in [-0.4, -0.2) is 5.71 Å². The molecular formula is C8H13N. The summed E-state index contributed by atoms with van der Waals surface area (Å²) in [7, 11) is 0. The van der Waals surface area contributed by atoms with Crippen molar-refractivity contribution in [2.75, 3.05) is 0 Å². The Morgan fingerprint density at radius 1 is 1.33 bits per heavy atom. The van der Waals surface area contributed by atoms with Crippen LogP contribution in [0.15, 0.2) is 23.8 Å². The fourth-order valence-electron chi connectivity index (χ4n) is 0.366. The largest absolute Gasteiger partial charge is 0.305 e. The van der Waals surface area contributed by atoms with Gasteiger partial charge in [0.25, 0.3) is 0 Å². The van der Waals surface area contributed by atoms with E-state index in [1.807, 2.05) is 32.1 Å². The number of rotatable bonds is 2. The summed E-state index contributed by atoms with van der Waals surface area (Å²) in [5.41, 5.74) is 1.65. The zero-order valence-corrected chi connectivity index (χ0v) is 6.23. The fraction of sp³-hybridized carbons (Fsp3) is 0.375. The van der Waals surface area contributed by atoms with Gasteiger partial charge in [-0.05, 0) is 26.3 Å². The van der Waals surface area contributed by atoms with Crippen molar-refractivity contribution in [3.05, 3.63) is 23.8 Å². The Balaban J connectivity index is 4.00. The van der Waals surface area contributed by atoms with E-state index in [-0.39, 0.29) is 0 Å². The molecular weight excluding hydrogens is 110 g/mol. The maximum atomic E-state index is 7.18. The van der Waals surface area contributed by atoms with Gasteiger partial charge in [-0.25, -0.2) is 0 Å². The van der Waals surface area contributed by atoms with Crippen LogP contribution < -0.4 is 0 Å². The highest BCUT2D eigenvalue weighted by molar-refractivity contribution is 5.95. The van der Waals surface area contributed by atoms with Crippen molar-refractivity contribution < 1.29 is 0 Å². The third-order valence-corrected chi connectivity index (χ3v) is 1.13. The number of hydrogen-bond acceptors (Lipinski definition) is 1. The van der Waals surface area contributed by atoms with Gasteiger partial charge in [-0.1, -0.05) is 18.2 Å². The van der Waals surface area contributed by atoms with E-state index in [1.54, 1.807) is 6.92 Å². The Labute approximate surface area is 56.6 Å². The first kappa shape index (κ1) is 8.15. The zero-order chi connectivity index (χ0) is 7.28. The van der Waals surface area contributed by atoms with E-state index in [1.165, 1.54) is 0 Å². The van der Waals surface area contributed by atoms with Gasteiger partial charge in [0, 0.05) is 5.71 Å². The van der Waals surface area contributed by atoms with Gasteiger partial charge in [-0.2, -0.15) is 0 Å². The standard InChI is InChI=1S/C8H13N/c1-4-5-6-7(2)8(3)9/h4-6,9H,1-3H3/b5-4-,7-6-,9-8?. The Hall–Kier alpha value is -0.850. The van der Waals surface area contributed by atoms with Crippen LogP contribution in [0, 0.1) is 5.41 Å². The quantitative estimate of drug-likeness (QED) is 0.431. The minimum absolute atomic E-state index is 0.633. The van der Waals surface area contributed by atoms with E-state index in [0.717, 1.165) is 5.57 Å². The molecule has 0 aliphatic heterocycles. The zero-order valence-electron chi connectivity index (χ0n) is 6.23. The summed E-state index contributed by atoms with van der Waals surface area (Å²) in [5, 5.41) is 7.18. The van der Waals surface area contributed by atoms with Crippen molar-refractivity contribution in [1.82, 2.24) is 0 Å². The molecule has 0 unspecified atom stereocenters. The van der Waals surface area contributed by atoms with Crippen LogP contribution in [0.3, 0.4) is 0 Å². The van der Waals surface area contributed by atoms with Crippen molar-refractivity contribution in [2.45, 2.75) is 20.8 Å². The highest BCUT2D eigenvalue weighted by atomic mass is 14.4. The molecule has 0 aliphatic rings. The van der Waals surface area contributed by atoms with Crippen molar-refractivity contribution in [2.24, 2.45) is 0 Å². The first-order chi connectivity index (χ1) is 4.18. The van der Waals surface area contributed by atoms with Gasteiger partial charge in [0.1, 0.15) is 0 Å². The van der Waals surface area contributed by atoms with Crippen LogP contribution in [0.4, 0.5) is 0 Å².